The summed E-state index contributed by atoms with van der Waals surface area (Å²) in [5.41, 5.74) is 1.23. The fourth-order valence-electron chi connectivity index (χ4n) is 2.84. The van der Waals surface area contributed by atoms with Crippen molar-refractivity contribution in [2.75, 3.05) is 24.8 Å². The minimum absolute atomic E-state index is 0.0819. The maximum absolute atomic E-state index is 12.9. The number of anilines is 1. The molecule has 0 radical (unpaired) electrons. The minimum atomic E-state index is -3.79. The second kappa shape index (κ2) is 8.42. The molecule has 28 heavy (non-hydrogen) atoms. The second-order valence-corrected chi connectivity index (χ2v) is 8.85. The Balaban J connectivity index is 1.84. The lowest BCUT2D eigenvalue weighted by molar-refractivity contribution is -0.114. The van der Waals surface area contributed by atoms with Crippen LogP contribution >= 0.6 is 11.8 Å². The first-order chi connectivity index (χ1) is 13.3. The first kappa shape index (κ1) is 20.5. The van der Waals surface area contributed by atoms with Gasteiger partial charge in [-0.2, -0.15) is 0 Å². The molecule has 2 aromatic carbocycles. The monoisotopic (exact) mass is 422 g/mol. The Morgan fingerprint density at radius 2 is 1.82 bits per heavy atom. The van der Waals surface area contributed by atoms with E-state index in [4.69, 9.17) is 9.47 Å². The predicted molar refractivity (Wildman–Crippen MR) is 109 cm³/mol. The van der Waals surface area contributed by atoms with Gasteiger partial charge < -0.3 is 14.8 Å². The number of carbonyl (C=O) groups is 1. The number of nitrogens with one attached hydrogen (secondary N) is 2. The van der Waals surface area contributed by atoms with Crippen LogP contribution in [0.25, 0.3) is 0 Å². The summed E-state index contributed by atoms with van der Waals surface area (Å²) in [4.78, 5) is 12.3. The van der Waals surface area contributed by atoms with E-state index in [9.17, 15) is 13.2 Å². The normalized spacial score (nSPS) is 14.4. The Hall–Kier alpha value is -2.23. The van der Waals surface area contributed by atoms with Crippen molar-refractivity contribution >= 4 is 33.4 Å². The summed E-state index contributed by atoms with van der Waals surface area (Å²) >= 11 is 1.42. The van der Waals surface area contributed by atoms with Crippen LogP contribution in [-0.4, -0.2) is 33.8 Å². The van der Waals surface area contributed by atoms with E-state index in [1.165, 1.54) is 30.8 Å². The molecule has 0 saturated carbocycles. The molecule has 0 fully saturated rings. The summed E-state index contributed by atoms with van der Waals surface area (Å²) in [6.07, 6.45) is 1.86. The van der Waals surface area contributed by atoms with E-state index in [1.54, 1.807) is 31.2 Å². The molecule has 3 rings (SSSR count). The molecule has 1 aliphatic rings. The van der Waals surface area contributed by atoms with Gasteiger partial charge in [0.25, 0.3) is 0 Å². The molecule has 150 valence electrons. The first-order valence-corrected chi connectivity index (χ1v) is 11.4. The second-order valence-electron chi connectivity index (χ2n) is 6.29. The lowest BCUT2D eigenvalue weighted by Gasteiger charge is -2.21. The van der Waals surface area contributed by atoms with E-state index in [1.807, 2.05) is 6.26 Å². The average Bonchev–Trinajstić information content (AvgIpc) is 2.66. The lowest BCUT2D eigenvalue weighted by Crippen LogP contribution is -2.27. The van der Waals surface area contributed by atoms with Crippen LogP contribution in [0, 0.1) is 0 Å². The maximum Gasteiger partial charge on any atom is 0.241 e. The smallest absolute Gasteiger partial charge is 0.241 e. The molecule has 2 aromatic rings. The summed E-state index contributed by atoms with van der Waals surface area (Å²) in [5.74, 6) is 0.993. The highest BCUT2D eigenvalue weighted by Crippen LogP contribution is 2.33. The van der Waals surface area contributed by atoms with Crippen LogP contribution in [0.5, 0.6) is 11.5 Å². The van der Waals surface area contributed by atoms with Gasteiger partial charge in [-0.1, -0.05) is 6.07 Å². The molecular formula is C19H22N2O5S2. The standard InChI is InChI=1S/C19H22N2O5S2/c1-12(14-4-6-17-18(10-14)26-9-8-25-17)21-28(23,24)15-5-7-19(27-3)16(11-15)20-13(2)22/h4-7,10-12,21H,8-9H2,1-3H3,(H,20,22). The van der Waals surface area contributed by atoms with Gasteiger partial charge in [0.2, 0.25) is 15.9 Å². The highest BCUT2D eigenvalue weighted by Gasteiger charge is 2.21. The Bertz CT molecular complexity index is 992. The fourth-order valence-corrected chi connectivity index (χ4v) is 4.63. The Morgan fingerprint density at radius 3 is 2.50 bits per heavy atom. The SMILES string of the molecule is CSc1ccc(S(=O)(=O)NC(C)c2ccc3c(c2)OCCO3)cc1NC(C)=O. The van der Waals surface area contributed by atoms with Crippen LogP contribution in [0.15, 0.2) is 46.2 Å². The number of fused-ring (bicyclic) bond motifs is 1. The molecule has 1 unspecified atom stereocenters. The van der Waals surface area contributed by atoms with Crippen LogP contribution in [-0.2, 0) is 14.8 Å². The largest absolute Gasteiger partial charge is 0.486 e. The molecule has 1 atom stereocenters. The van der Waals surface area contributed by atoms with Crippen LogP contribution in [0.2, 0.25) is 0 Å². The summed E-state index contributed by atoms with van der Waals surface area (Å²) in [6.45, 7) is 4.10. The fraction of sp³-hybridized carbons (Fsp3) is 0.316. The zero-order chi connectivity index (χ0) is 20.3. The third-order valence-corrected chi connectivity index (χ3v) is 6.52. The zero-order valence-electron chi connectivity index (χ0n) is 15.8. The van der Waals surface area contributed by atoms with Crippen LogP contribution in [0.1, 0.15) is 25.5 Å². The Labute approximate surface area is 168 Å². The van der Waals surface area contributed by atoms with E-state index in [0.29, 0.717) is 30.4 Å². The van der Waals surface area contributed by atoms with Gasteiger partial charge >= 0.3 is 0 Å². The predicted octanol–water partition coefficient (Wildman–Crippen LogP) is 3.18. The summed E-state index contributed by atoms with van der Waals surface area (Å²) in [6, 6.07) is 9.55. The maximum atomic E-state index is 12.9. The molecule has 0 aromatic heterocycles. The number of carbonyl (C=O) groups excluding carboxylic acids is 1. The van der Waals surface area contributed by atoms with Crippen molar-refractivity contribution in [2.45, 2.75) is 29.7 Å². The van der Waals surface area contributed by atoms with Crippen molar-refractivity contribution in [2.24, 2.45) is 0 Å². The van der Waals surface area contributed by atoms with Gasteiger partial charge in [-0.05, 0) is 49.1 Å². The highest BCUT2D eigenvalue weighted by atomic mass is 32.2. The highest BCUT2D eigenvalue weighted by molar-refractivity contribution is 7.98. The molecule has 2 N–H and O–H groups in total. The van der Waals surface area contributed by atoms with Crippen molar-refractivity contribution < 1.29 is 22.7 Å². The number of benzene rings is 2. The third-order valence-electron chi connectivity index (χ3n) is 4.19. The van der Waals surface area contributed by atoms with Gasteiger partial charge in [0.15, 0.2) is 11.5 Å². The average molecular weight is 423 g/mol. The topological polar surface area (TPSA) is 93.7 Å². The van der Waals surface area contributed by atoms with Crippen LogP contribution < -0.4 is 19.5 Å². The van der Waals surface area contributed by atoms with Crippen molar-refractivity contribution in [1.29, 1.82) is 0 Å². The van der Waals surface area contributed by atoms with E-state index in [2.05, 4.69) is 10.0 Å². The number of sulfonamides is 1. The third kappa shape index (κ3) is 4.60. The van der Waals surface area contributed by atoms with Crippen molar-refractivity contribution in [1.82, 2.24) is 4.72 Å². The van der Waals surface area contributed by atoms with E-state index >= 15 is 0 Å². The first-order valence-electron chi connectivity index (χ1n) is 8.67. The Morgan fingerprint density at radius 1 is 1.11 bits per heavy atom. The van der Waals surface area contributed by atoms with Crippen molar-refractivity contribution in [3.05, 3.63) is 42.0 Å². The van der Waals surface area contributed by atoms with Crippen LogP contribution in [0.3, 0.4) is 0 Å². The van der Waals surface area contributed by atoms with Gasteiger partial charge in [0, 0.05) is 17.9 Å². The summed E-state index contributed by atoms with van der Waals surface area (Å²) in [7, 11) is -3.79. The molecule has 9 heteroatoms. The van der Waals surface area contributed by atoms with Crippen molar-refractivity contribution in [3.8, 4) is 11.5 Å². The van der Waals surface area contributed by atoms with E-state index < -0.39 is 16.1 Å². The van der Waals surface area contributed by atoms with Gasteiger partial charge in [0.05, 0.1) is 10.6 Å². The molecule has 0 aliphatic carbocycles. The number of ether oxygens (including phenoxy) is 2. The molecule has 0 spiro atoms. The quantitative estimate of drug-likeness (QED) is 0.695. The van der Waals surface area contributed by atoms with E-state index in [0.717, 1.165) is 10.5 Å². The van der Waals surface area contributed by atoms with Gasteiger partial charge in [0.1, 0.15) is 13.2 Å². The summed E-state index contributed by atoms with van der Waals surface area (Å²) < 4.78 is 39.4. The number of hydrogen-bond acceptors (Lipinski definition) is 6. The van der Waals surface area contributed by atoms with Gasteiger partial charge in [-0.3, -0.25) is 4.79 Å². The summed E-state index contributed by atoms with van der Waals surface area (Å²) in [5, 5.41) is 2.67. The number of amides is 1. The van der Waals surface area contributed by atoms with E-state index in [-0.39, 0.29) is 10.8 Å². The molecule has 0 bridgehead atoms. The van der Waals surface area contributed by atoms with Gasteiger partial charge in [-0.25, -0.2) is 13.1 Å². The number of hydrogen-bond donors (Lipinski definition) is 2. The molecule has 7 nitrogen and oxygen atoms in total. The number of rotatable bonds is 6. The Kier molecular flexibility index (Phi) is 6.17. The molecule has 1 aliphatic heterocycles. The number of thioether (sulfide) groups is 1. The van der Waals surface area contributed by atoms with Gasteiger partial charge in [-0.15, -0.1) is 11.8 Å². The molecule has 1 heterocycles. The molecular weight excluding hydrogens is 400 g/mol. The zero-order valence-corrected chi connectivity index (χ0v) is 17.4. The molecule has 0 saturated heterocycles. The lowest BCUT2D eigenvalue weighted by atomic mass is 10.1. The minimum Gasteiger partial charge on any atom is -0.486 e. The van der Waals surface area contributed by atoms with Crippen molar-refractivity contribution in [3.63, 3.8) is 0 Å². The molecule has 1 amide bonds. The van der Waals surface area contributed by atoms with Crippen LogP contribution in [0.4, 0.5) is 5.69 Å².